The normalized spacial score (nSPS) is 27.1. The maximum atomic E-state index is 6.63. The molecule has 0 nitrogen and oxygen atoms in total. The van der Waals surface area contributed by atoms with Gasteiger partial charge in [0.15, 0.2) is 0 Å². The van der Waals surface area contributed by atoms with E-state index in [1.165, 1.54) is 30.4 Å². The van der Waals surface area contributed by atoms with Gasteiger partial charge in [0.25, 0.3) is 0 Å². The van der Waals surface area contributed by atoms with Crippen LogP contribution in [0.2, 0.25) is 0 Å². The zero-order valence-electron chi connectivity index (χ0n) is 14.3. The molecule has 2 rings (SSSR count). The van der Waals surface area contributed by atoms with Crippen LogP contribution < -0.4 is 0 Å². The van der Waals surface area contributed by atoms with E-state index in [1.54, 1.807) is 0 Å². The number of rotatable bonds is 3. The van der Waals surface area contributed by atoms with Crippen molar-refractivity contribution in [2.75, 3.05) is 0 Å². The Labute approximate surface area is 136 Å². The molecule has 3 unspecified atom stereocenters. The smallest absolute Gasteiger partial charge is 0.0367 e. The number of hydrogen-bond donors (Lipinski definition) is 0. The molecule has 0 amide bonds. The van der Waals surface area contributed by atoms with Gasteiger partial charge >= 0.3 is 0 Å². The first-order valence-electron chi connectivity index (χ1n) is 8.50. The summed E-state index contributed by atoms with van der Waals surface area (Å²) >= 11 is 6.63. The van der Waals surface area contributed by atoms with Crippen molar-refractivity contribution < 1.29 is 0 Å². The van der Waals surface area contributed by atoms with E-state index in [9.17, 15) is 0 Å². The number of alkyl halides is 1. The van der Waals surface area contributed by atoms with Crippen LogP contribution in [-0.4, -0.2) is 5.38 Å². The van der Waals surface area contributed by atoms with Crippen LogP contribution in [0.3, 0.4) is 0 Å². The Morgan fingerprint density at radius 1 is 1.10 bits per heavy atom. The van der Waals surface area contributed by atoms with Gasteiger partial charge in [-0.2, -0.15) is 0 Å². The van der Waals surface area contributed by atoms with E-state index in [1.807, 2.05) is 0 Å². The average Bonchev–Trinajstić information content (AvgIpc) is 2.40. The molecule has 0 heterocycles. The van der Waals surface area contributed by atoms with Gasteiger partial charge in [-0.25, -0.2) is 0 Å². The molecule has 0 spiro atoms. The van der Waals surface area contributed by atoms with Gasteiger partial charge in [-0.05, 0) is 60.0 Å². The fraction of sp³-hybridized carbons (Fsp3) is 0.700. The topological polar surface area (TPSA) is 0 Å². The van der Waals surface area contributed by atoms with E-state index in [2.05, 4.69) is 58.9 Å². The Hall–Kier alpha value is -0.490. The molecule has 0 radical (unpaired) electrons. The molecule has 0 saturated heterocycles. The molecule has 21 heavy (non-hydrogen) atoms. The molecule has 0 N–H and O–H groups in total. The summed E-state index contributed by atoms with van der Waals surface area (Å²) in [6, 6.07) is 9.18. The molecule has 1 aliphatic carbocycles. The van der Waals surface area contributed by atoms with Crippen molar-refractivity contribution in [1.29, 1.82) is 0 Å². The highest BCUT2D eigenvalue weighted by Gasteiger charge is 2.34. The van der Waals surface area contributed by atoms with Crippen LogP contribution in [0.15, 0.2) is 24.3 Å². The number of halogens is 1. The molecule has 3 atom stereocenters. The minimum atomic E-state index is 0.355. The average molecular weight is 307 g/mol. The minimum absolute atomic E-state index is 0.355. The van der Waals surface area contributed by atoms with Crippen molar-refractivity contribution in [3.8, 4) is 0 Å². The van der Waals surface area contributed by atoms with Gasteiger partial charge in [0, 0.05) is 5.38 Å². The van der Waals surface area contributed by atoms with Crippen LogP contribution in [0.25, 0.3) is 0 Å². The van der Waals surface area contributed by atoms with Crippen LogP contribution in [0.5, 0.6) is 0 Å². The van der Waals surface area contributed by atoms with Crippen molar-refractivity contribution in [2.45, 2.75) is 71.6 Å². The zero-order valence-corrected chi connectivity index (χ0v) is 15.1. The molecule has 0 bridgehead atoms. The molecular formula is C20H31Cl. The molecule has 1 saturated carbocycles. The molecule has 1 heteroatoms. The summed E-state index contributed by atoms with van der Waals surface area (Å²) in [5.41, 5.74) is 3.29. The van der Waals surface area contributed by atoms with Crippen molar-refractivity contribution in [1.82, 2.24) is 0 Å². The predicted octanol–water partition coefficient (Wildman–Crippen LogP) is 6.42. The van der Waals surface area contributed by atoms with Crippen molar-refractivity contribution in [3.05, 3.63) is 35.4 Å². The summed E-state index contributed by atoms with van der Waals surface area (Å²) in [4.78, 5) is 0. The number of hydrogen-bond acceptors (Lipinski definition) is 0. The number of benzene rings is 1. The summed E-state index contributed by atoms with van der Waals surface area (Å²) in [6.45, 7) is 11.6. The Kier molecular flexibility index (Phi) is 5.41. The van der Waals surface area contributed by atoms with E-state index >= 15 is 0 Å². The van der Waals surface area contributed by atoms with Gasteiger partial charge < -0.3 is 0 Å². The third-order valence-corrected chi connectivity index (χ3v) is 5.83. The summed E-state index contributed by atoms with van der Waals surface area (Å²) in [5, 5.41) is 0.355. The summed E-state index contributed by atoms with van der Waals surface area (Å²) in [7, 11) is 0. The van der Waals surface area contributed by atoms with Crippen LogP contribution in [0.4, 0.5) is 0 Å². The summed E-state index contributed by atoms with van der Waals surface area (Å²) in [6.07, 6.45) is 4.89. The lowest BCUT2D eigenvalue weighted by molar-refractivity contribution is 0.144. The monoisotopic (exact) mass is 306 g/mol. The second-order valence-corrected chi connectivity index (χ2v) is 8.81. The quantitative estimate of drug-likeness (QED) is 0.565. The fourth-order valence-electron chi connectivity index (χ4n) is 3.57. The predicted molar refractivity (Wildman–Crippen MR) is 94.2 cm³/mol. The minimum Gasteiger partial charge on any atom is -0.123 e. The molecule has 1 aromatic carbocycles. The van der Waals surface area contributed by atoms with Gasteiger partial charge in [0.1, 0.15) is 0 Å². The first-order chi connectivity index (χ1) is 9.77. The second-order valence-electron chi connectivity index (χ2n) is 8.25. The highest BCUT2D eigenvalue weighted by Crippen LogP contribution is 2.43. The van der Waals surface area contributed by atoms with Gasteiger partial charge in [0.2, 0.25) is 0 Å². The zero-order chi connectivity index (χ0) is 15.6. The molecule has 1 aromatic rings. The van der Waals surface area contributed by atoms with E-state index in [0.29, 0.717) is 22.6 Å². The standard InChI is InChI=1S/C20H31Cl/c1-14(2)16-8-6-15(7-9-16)12-17-13-18(20(3,4)5)10-11-19(17)21/h6-9,14,17-19H,10-13H2,1-5H3. The van der Waals surface area contributed by atoms with Crippen molar-refractivity contribution in [3.63, 3.8) is 0 Å². The van der Waals surface area contributed by atoms with Crippen molar-refractivity contribution in [2.24, 2.45) is 17.3 Å². The SMILES string of the molecule is CC(C)c1ccc(CC2CC(C(C)(C)C)CCC2Cl)cc1. The van der Waals surface area contributed by atoms with E-state index in [4.69, 9.17) is 11.6 Å². The van der Waals surface area contributed by atoms with Gasteiger partial charge in [-0.3, -0.25) is 0 Å². The largest absolute Gasteiger partial charge is 0.123 e. The molecule has 118 valence electrons. The molecular weight excluding hydrogens is 276 g/mol. The first-order valence-corrected chi connectivity index (χ1v) is 8.94. The molecule has 0 aromatic heterocycles. The highest BCUT2D eigenvalue weighted by molar-refractivity contribution is 6.20. The van der Waals surface area contributed by atoms with E-state index in [0.717, 1.165) is 12.3 Å². The van der Waals surface area contributed by atoms with Gasteiger partial charge in [0.05, 0.1) is 0 Å². The lowest BCUT2D eigenvalue weighted by atomic mass is 9.68. The van der Waals surface area contributed by atoms with E-state index in [-0.39, 0.29) is 0 Å². The van der Waals surface area contributed by atoms with Crippen LogP contribution in [-0.2, 0) is 6.42 Å². The van der Waals surface area contributed by atoms with Crippen LogP contribution in [0.1, 0.15) is 70.9 Å². The maximum Gasteiger partial charge on any atom is 0.0367 e. The lowest BCUT2D eigenvalue weighted by Crippen LogP contribution is -2.33. The Morgan fingerprint density at radius 3 is 2.24 bits per heavy atom. The maximum absolute atomic E-state index is 6.63. The Balaban J connectivity index is 2.03. The molecule has 1 fully saturated rings. The highest BCUT2D eigenvalue weighted by atomic mass is 35.5. The third-order valence-electron chi connectivity index (χ3n) is 5.26. The van der Waals surface area contributed by atoms with Crippen molar-refractivity contribution >= 4 is 11.6 Å². The van der Waals surface area contributed by atoms with Crippen LogP contribution in [0, 0.1) is 17.3 Å². The first kappa shape index (κ1) is 16.9. The molecule has 0 aliphatic heterocycles. The third kappa shape index (κ3) is 4.49. The molecule has 1 aliphatic rings. The lowest BCUT2D eigenvalue weighted by Gasteiger charge is -2.40. The summed E-state index contributed by atoms with van der Waals surface area (Å²) in [5.74, 6) is 2.06. The van der Waals surface area contributed by atoms with Gasteiger partial charge in [-0.1, -0.05) is 58.9 Å². The van der Waals surface area contributed by atoms with E-state index < -0.39 is 0 Å². The second kappa shape index (κ2) is 6.73. The van der Waals surface area contributed by atoms with Gasteiger partial charge in [-0.15, -0.1) is 11.6 Å². The fourth-order valence-corrected chi connectivity index (χ4v) is 3.88. The summed E-state index contributed by atoms with van der Waals surface area (Å²) < 4.78 is 0. The Morgan fingerprint density at radius 2 is 1.71 bits per heavy atom. The van der Waals surface area contributed by atoms with Crippen LogP contribution >= 0.6 is 11.6 Å². The Bertz CT molecular complexity index is 438.